The highest BCUT2D eigenvalue weighted by Crippen LogP contribution is 2.39. The molecule has 0 saturated carbocycles. The summed E-state index contributed by atoms with van der Waals surface area (Å²) in [7, 11) is 0. The maximum atomic E-state index is 5.90. The number of nitrogens with zero attached hydrogens (tertiary/aromatic N) is 1. The monoisotopic (exact) mass is 322 g/mol. The summed E-state index contributed by atoms with van der Waals surface area (Å²) >= 11 is 1.85. The molecule has 1 aliphatic heterocycles. The minimum Gasteiger partial charge on any atom is -0.318 e. The Morgan fingerprint density at radius 2 is 1.96 bits per heavy atom. The van der Waals surface area contributed by atoms with Crippen molar-refractivity contribution in [3.05, 3.63) is 70.1 Å². The zero-order chi connectivity index (χ0) is 16.2. The van der Waals surface area contributed by atoms with Crippen LogP contribution in [0.25, 0.3) is 12.3 Å². The Bertz CT molecular complexity index is 826. The first-order valence-electron chi connectivity index (χ1n) is 7.92. The average Bonchev–Trinajstić information content (AvgIpc) is 3.23. The van der Waals surface area contributed by atoms with Crippen LogP contribution < -0.4 is 16.2 Å². The topological polar surface area (TPSA) is 38.4 Å². The Morgan fingerprint density at radius 1 is 1.22 bits per heavy atom. The molecule has 1 saturated heterocycles. The van der Waals surface area contributed by atoms with E-state index in [0.717, 1.165) is 29.0 Å². The fourth-order valence-corrected chi connectivity index (χ4v) is 3.48. The molecule has 0 amide bonds. The molecule has 0 aliphatic carbocycles. The molecule has 0 bridgehead atoms. The lowest BCUT2D eigenvalue weighted by molar-refractivity contribution is 0.897. The maximum absolute atomic E-state index is 5.90. The molecule has 2 atom stereocenters. The maximum Gasteiger partial charge on any atom is 0.0635 e. The molecule has 23 heavy (non-hydrogen) atoms. The molecule has 3 heteroatoms. The Hall–Kier alpha value is -1.84. The van der Waals surface area contributed by atoms with Crippen LogP contribution in [0, 0.1) is 0 Å². The summed E-state index contributed by atoms with van der Waals surface area (Å²) in [5.41, 5.74) is 9.60. The molecule has 0 aromatic heterocycles. The number of aliphatic imine (C=N–C) groups is 1. The quantitative estimate of drug-likeness (QED) is 0.678. The minimum absolute atomic E-state index is 0.323. The first kappa shape index (κ1) is 16.0. The first-order valence-corrected chi connectivity index (χ1v) is 8.86. The lowest BCUT2D eigenvalue weighted by Gasteiger charge is -2.06. The van der Waals surface area contributed by atoms with E-state index in [4.69, 9.17) is 5.73 Å². The van der Waals surface area contributed by atoms with Crippen molar-refractivity contribution in [2.24, 2.45) is 10.7 Å². The van der Waals surface area contributed by atoms with E-state index in [9.17, 15) is 0 Å². The van der Waals surface area contributed by atoms with Gasteiger partial charge in [0, 0.05) is 23.1 Å². The van der Waals surface area contributed by atoms with Crippen LogP contribution in [0.5, 0.6) is 0 Å². The highest BCUT2D eigenvalue weighted by Gasteiger charge is 2.34. The lowest BCUT2D eigenvalue weighted by Crippen LogP contribution is -2.25. The van der Waals surface area contributed by atoms with Crippen molar-refractivity contribution in [2.75, 3.05) is 0 Å². The summed E-state index contributed by atoms with van der Waals surface area (Å²) in [6.07, 6.45) is 3.72. The van der Waals surface area contributed by atoms with Gasteiger partial charge in [-0.2, -0.15) is 0 Å². The smallest absolute Gasteiger partial charge is 0.0635 e. The molecule has 2 nitrogen and oxygen atoms in total. The third kappa shape index (κ3) is 4.12. The Labute approximate surface area is 141 Å². The van der Waals surface area contributed by atoms with Gasteiger partial charge in [0.2, 0.25) is 0 Å². The van der Waals surface area contributed by atoms with E-state index in [2.05, 4.69) is 41.9 Å². The second kappa shape index (κ2) is 7.16. The summed E-state index contributed by atoms with van der Waals surface area (Å²) in [6, 6.07) is 16.9. The van der Waals surface area contributed by atoms with Gasteiger partial charge < -0.3 is 5.73 Å². The van der Waals surface area contributed by atoms with E-state index >= 15 is 0 Å². The van der Waals surface area contributed by atoms with E-state index in [0.29, 0.717) is 10.6 Å². The van der Waals surface area contributed by atoms with Gasteiger partial charge in [-0.25, -0.2) is 0 Å². The standard InChI is InChI=1S/C20H22N2S/c1-3-22-18(17-10-5-4-7-14(17)2)12-15-8-6-9-16(11-15)13-19-20(21)23-19/h3-11,19-20H,2,12-13,21H2,1H3/b18-17-,22-3?. The van der Waals surface area contributed by atoms with Crippen LogP contribution in [-0.4, -0.2) is 16.8 Å². The highest BCUT2D eigenvalue weighted by atomic mass is 32.2. The summed E-state index contributed by atoms with van der Waals surface area (Å²) in [5.74, 6) is 0. The SMILES string of the molecule is C=c1cccc/c1=C(\Cc1cccc(CC2SC2N)c1)N=CC. The molecule has 1 fully saturated rings. The molecule has 1 aliphatic rings. The minimum atomic E-state index is 0.323. The molecule has 2 unspecified atom stereocenters. The zero-order valence-electron chi connectivity index (χ0n) is 13.4. The molecule has 0 spiro atoms. The van der Waals surface area contributed by atoms with E-state index in [1.165, 1.54) is 11.1 Å². The van der Waals surface area contributed by atoms with Gasteiger partial charge in [0.1, 0.15) is 0 Å². The predicted molar refractivity (Wildman–Crippen MR) is 102 cm³/mol. The number of hydrogen-bond donors (Lipinski definition) is 1. The summed E-state index contributed by atoms with van der Waals surface area (Å²) in [6.45, 7) is 6.08. The highest BCUT2D eigenvalue weighted by molar-refractivity contribution is 8.07. The van der Waals surface area contributed by atoms with Gasteiger partial charge in [0.15, 0.2) is 0 Å². The van der Waals surface area contributed by atoms with Crippen molar-refractivity contribution >= 4 is 30.3 Å². The van der Waals surface area contributed by atoms with Gasteiger partial charge in [0.05, 0.1) is 11.1 Å². The van der Waals surface area contributed by atoms with E-state index in [-0.39, 0.29) is 0 Å². The second-order valence-electron chi connectivity index (χ2n) is 5.83. The number of hydrogen-bond acceptors (Lipinski definition) is 3. The van der Waals surface area contributed by atoms with E-state index in [1.807, 2.05) is 43.1 Å². The number of nitrogens with two attached hydrogens (primary N) is 1. The van der Waals surface area contributed by atoms with Crippen molar-refractivity contribution in [1.82, 2.24) is 0 Å². The van der Waals surface area contributed by atoms with Gasteiger partial charge in [-0.05, 0) is 29.7 Å². The van der Waals surface area contributed by atoms with Gasteiger partial charge >= 0.3 is 0 Å². The van der Waals surface area contributed by atoms with Gasteiger partial charge in [-0.15, -0.1) is 11.8 Å². The van der Waals surface area contributed by atoms with Crippen LogP contribution in [0.2, 0.25) is 0 Å². The summed E-state index contributed by atoms with van der Waals surface area (Å²) < 4.78 is 0. The normalized spacial score (nSPS) is 21.5. The van der Waals surface area contributed by atoms with Crippen LogP contribution in [0.15, 0.2) is 53.5 Å². The molecule has 2 N–H and O–H groups in total. The van der Waals surface area contributed by atoms with Crippen LogP contribution in [0.3, 0.4) is 0 Å². The number of rotatable bonds is 5. The van der Waals surface area contributed by atoms with Crippen molar-refractivity contribution in [3.63, 3.8) is 0 Å². The van der Waals surface area contributed by atoms with E-state index < -0.39 is 0 Å². The van der Waals surface area contributed by atoms with E-state index in [1.54, 1.807) is 0 Å². The van der Waals surface area contributed by atoms with Crippen LogP contribution in [0.1, 0.15) is 18.1 Å². The number of benzene rings is 2. The molecule has 1 heterocycles. The van der Waals surface area contributed by atoms with Crippen molar-refractivity contribution in [3.8, 4) is 0 Å². The molecular formula is C20H22N2S. The largest absolute Gasteiger partial charge is 0.318 e. The van der Waals surface area contributed by atoms with Crippen LogP contribution in [-0.2, 0) is 12.8 Å². The molecule has 3 rings (SSSR count). The van der Waals surface area contributed by atoms with Crippen molar-refractivity contribution < 1.29 is 0 Å². The first-order chi connectivity index (χ1) is 11.2. The fourth-order valence-electron chi connectivity index (χ4n) is 2.78. The Kier molecular flexibility index (Phi) is 4.99. The summed E-state index contributed by atoms with van der Waals surface area (Å²) in [4.78, 5) is 4.59. The Morgan fingerprint density at radius 3 is 2.65 bits per heavy atom. The van der Waals surface area contributed by atoms with Crippen LogP contribution >= 0.6 is 11.8 Å². The van der Waals surface area contributed by atoms with Crippen molar-refractivity contribution in [2.45, 2.75) is 30.4 Å². The van der Waals surface area contributed by atoms with Gasteiger partial charge in [-0.3, -0.25) is 4.99 Å². The second-order valence-corrected chi connectivity index (χ2v) is 7.25. The van der Waals surface area contributed by atoms with Gasteiger partial charge in [0.25, 0.3) is 0 Å². The van der Waals surface area contributed by atoms with Crippen LogP contribution in [0.4, 0.5) is 0 Å². The molecule has 118 valence electrons. The molecule has 0 radical (unpaired) electrons. The van der Waals surface area contributed by atoms with Gasteiger partial charge in [-0.1, -0.05) is 55.1 Å². The third-order valence-corrected chi connectivity index (χ3v) is 5.17. The molecular weight excluding hydrogens is 300 g/mol. The van der Waals surface area contributed by atoms with Crippen molar-refractivity contribution in [1.29, 1.82) is 0 Å². The predicted octanol–water partition coefficient (Wildman–Crippen LogP) is 2.48. The Balaban J connectivity index is 1.90. The fraction of sp³-hybridized carbons (Fsp3) is 0.250. The molecule has 2 aromatic carbocycles. The lowest BCUT2D eigenvalue weighted by atomic mass is 10.0. The molecule has 2 aromatic rings. The number of thioether (sulfide) groups is 1. The summed E-state index contributed by atoms with van der Waals surface area (Å²) in [5, 5.41) is 3.05. The average molecular weight is 322 g/mol. The third-order valence-electron chi connectivity index (χ3n) is 4.03. The zero-order valence-corrected chi connectivity index (χ0v) is 14.2.